The number of aliphatic hydroxyl groups is 1. The lowest BCUT2D eigenvalue weighted by Gasteiger charge is -2.14. The van der Waals surface area contributed by atoms with Crippen molar-refractivity contribution < 1.29 is 14.2 Å². The van der Waals surface area contributed by atoms with E-state index in [0.717, 1.165) is 12.6 Å². The highest BCUT2D eigenvalue weighted by Crippen LogP contribution is 2.21. The molecule has 0 aromatic carbocycles. The molecule has 0 bridgehead atoms. The van der Waals surface area contributed by atoms with E-state index in [1.165, 1.54) is 0 Å². The van der Waals surface area contributed by atoms with Gasteiger partial charge in [0.15, 0.2) is 0 Å². The number of ether oxygens (including phenoxy) is 1. The van der Waals surface area contributed by atoms with E-state index in [1.807, 2.05) is 6.92 Å². The molecule has 0 atom stereocenters. The highest BCUT2D eigenvalue weighted by molar-refractivity contribution is 5.58. The zero-order chi connectivity index (χ0) is 22.1. The van der Waals surface area contributed by atoms with Gasteiger partial charge in [-0.2, -0.15) is 0 Å². The van der Waals surface area contributed by atoms with Crippen LogP contribution in [-0.4, -0.2) is 15.1 Å². The van der Waals surface area contributed by atoms with Crippen LogP contribution in [0.25, 0.3) is 11.3 Å². The summed E-state index contributed by atoms with van der Waals surface area (Å²) in [5.41, 5.74) is 17.4. The third kappa shape index (κ3) is 6.03. The van der Waals surface area contributed by atoms with Crippen molar-refractivity contribution in [2.24, 2.45) is 17.3 Å². The third-order valence-corrected chi connectivity index (χ3v) is 4.22. The number of hydrazine groups is 1. The molecule has 8 nitrogen and oxygen atoms in total. The van der Waals surface area contributed by atoms with E-state index >= 15 is 0 Å². The van der Waals surface area contributed by atoms with Gasteiger partial charge in [0.05, 0.1) is 35.6 Å². The topological polar surface area (TPSA) is 145 Å². The standard InChI is InChI=1S/C21H27FN6O2/c1-3-4-16(23)8-20(21(24)13(2)28-25)30-12-15-7-19(27-10-18(15)22)14-5-6-17(11-29)26-9-14/h5-10,28-29H,2-4,11-12,23-25H2,1H3/b16-8+,21-20-. The molecule has 9 heteroatoms. The van der Waals surface area contributed by atoms with E-state index in [0.29, 0.717) is 29.1 Å². The number of aliphatic hydroxyl groups excluding tert-OH is 1. The molecule has 30 heavy (non-hydrogen) atoms. The first kappa shape index (κ1) is 22.9. The smallest absolute Gasteiger partial charge is 0.148 e. The highest BCUT2D eigenvalue weighted by atomic mass is 19.1. The number of allylic oxidation sites excluding steroid dienone is 2. The Bertz CT molecular complexity index is 941. The molecule has 2 aromatic heterocycles. The van der Waals surface area contributed by atoms with Gasteiger partial charge in [0.25, 0.3) is 0 Å². The minimum Gasteiger partial charge on any atom is -0.486 e. The lowest BCUT2D eigenvalue weighted by Crippen LogP contribution is -2.25. The molecule has 0 aliphatic rings. The zero-order valence-electron chi connectivity index (χ0n) is 16.9. The second-order valence-corrected chi connectivity index (χ2v) is 6.52. The predicted molar refractivity (Wildman–Crippen MR) is 113 cm³/mol. The maximum atomic E-state index is 14.3. The molecule has 2 rings (SSSR count). The van der Waals surface area contributed by atoms with Gasteiger partial charge in [-0.15, -0.1) is 0 Å². The molecule has 0 fully saturated rings. The highest BCUT2D eigenvalue weighted by Gasteiger charge is 2.12. The van der Waals surface area contributed by atoms with Crippen LogP contribution in [0.4, 0.5) is 4.39 Å². The van der Waals surface area contributed by atoms with Gasteiger partial charge >= 0.3 is 0 Å². The lowest BCUT2D eigenvalue weighted by atomic mass is 10.1. The van der Waals surface area contributed by atoms with Crippen LogP contribution in [0, 0.1) is 5.82 Å². The molecule has 2 aromatic rings. The largest absolute Gasteiger partial charge is 0.486 e. The van der Waals surface area contributed by atoms with Gasteiger partial charge in [-0.3, -0.25) is 15.8 Å². The summed E-state index contributed by atoms with van der Waals surface area (Å²) in [6.07, 6.45) is 5.75. The SMILES string of the molecule is C=C(NN)/C(N)=C(\C=C(\N)CCC)OCc1cc(-c2ccc(CO)nc2)ncc1F. The first-order chi connectivity index (χ1) is 14.4. The number of hydrogen-bond acceptors (Lipinski definition) is 8. The van der Waals surface area contributed by atoms with E-state index in [1.54, 1.807) is 30.5 Å². The van der Waals surface area contributed by atoms with Gasteiger partial charge in [-0.05, 0) is 24.6 Å². The Kier molecular flexibility index (Phi) is 8.33. The lowest BCUT2D eigenvalue weighted by molar-refractivity contribution is 0.203. The van der Waals surface area contributed by atoms with Crippen molar-refractivity contribution in [1.82, 2.24) is 15.4 Å². The van der Waals surface area contributed by atoms with Crippen LogP contribution in [-0.2, 0) is 18.0 Å². The van der Waals surface area contributed by atoms with Crippen molar-refractivity contribution >= 4 is 0 Å². The van der Waals surface area contributed by atoms with Crippen molar-refractivity contribution in [2.45, 2.75) is 33.0 Å². The van der Waals surface area contributed by atoms with Crippen LogP contribution in [0.5, 0.6) is 0 Å². The van der Waals surface area contributed by atoms with Gasteiger partial charge in [0.1, 0.15) is 18.2 Å². The maximum Gasteiger partial charge on any atom is 0.148 e. The van der Waals surface area contributed by atoms with Crippen molar-refractivity contribution in [3.8, 4) is 11.3 Å². The van der Waals surface area contributed by atoms with E-state index in [9.17, 15) is 4.39 Å². The normalized spacial score (nSPS) is 12.3. The predicted octanol–water partition coefficient (Wildman–Crippen LogP) is 2.08. The summed E-state index contributed by atoms with van der Waals surface area (Å²) < 4.78 is 20.1. The first-order valence-electron chi connectivity index (χ1n) is 9.34. The van der Waals surface area contributed by atoms with E-state index in [4.69, 9.17) is 27.2 Å². The van der Waals surface area contributed by atoms with Crippen molar-refractivity contribution in [2.75, 3.05) is 0 Å². The van der Waals surface area contributed by atoms with Crippen LogP contribution < -0.4 is 22.7 Å². The minimum absolute atomic E-state index is 0.118. The van der Waals surface area contributed by atoms with Crippen molar-refractivity contribution in [1.29, 1.82) is 0 Å². The number of nitrogens with zero attached hydrogens (tertiary/aromatic N) is 2. The second kappa shape index (κ2) is 10.9. The summed E-state index contributed by atoms with van der Waals surface area (Å²) in [6, 6.07) is 4.98. The summed E-state index contributed by atoms with van der Waals surface area (Å²) in [6.45, 7) is 5.42. The van der Waals surface area contributed by atoms with Gasteiger partial charge in [0.2, 0.25) is 0 Å². The summed E-state index contributed by atoms with van der Waals surface area (Å²) >= 11 is 0. The molecule has 2 heterocycles. The van der Waals surface area contributed by atoms with Crippen LogP contribution in [0.2, 0.25) is 0 Å². The third-order valence-electron chi connectivity index (χ3n) is 4.22. The summed E-state index contributed by atoms with van der Waals surface area (Å²) in [4.78, 5) is 8.21. The molecule has 0 aliphatic carbocycles. The summed E-state index contributed by atoms with van der Waals surface area (Å²) in [5, 5.41) is 9.11. The fraction of sp³-hybridized carbons (Fsp3) is 0.238. The molecule has 0 saturated heterocycles. The van der Waals surface area contributed by atoms with Crippen LogP contribution in [0.15, 0.2) is 66.1 Å². The molecule has 160 valence electrons. The Morgan fingerprint density at radius 3 is 2.67 bits per heavy atom. The minimum atomic E-state index is -0.530. The Morgan fingerprint density at radius 1 is 1.30 bits per heavy atom. The Morgan fingerprint density at radius 2 is 2.07 bits per heavy atom. The van der Waals surface area contributed by atoms with Gasteiger partial charge in [-0.25, -0.2) is 4.39 Å². The monoisotopic (exact) mass is 414 g/mol. The molecule has 0 spiro atoms. The average Bonchev–Trinajstić information content (AvgIpc) is 2.76. The number of nitrogens with two attached hydrogens (primary N) is 3. The molecule has 0 aliphatic heterocycles. The number of pyridine rings is 2. The average molecular weight is 414 g/mol. The molecular formula is C21H27FN6O2. The van der Waals surface area contributed by atoms with Crippen LogP contribution in [0.1, 0.15) is 31.0 Å². The molecular weight excluding hydrogens is 387 g/mol. The zero-order valence-corrected chi connectivity index (χ0v) is 16.9. The van der Waals surface area contributed by atoms with Crippen molar-refractivity contribution in [3.05, 3.63) is 83.2 Å². The Balaban J connectivity index is 2.30. The second-order valence-electron chi connectivity index (χ2n) is 6.52. The first-order valence-corrected chi connectivity index (χ1v) is 9.34. The summed E-state index contributed by atoms with van der Waals surface area (Å²) in [7, 11) is 0. The van der Waals surface area contributed by atoms with Crippen LogP contribution >= 0.6 is 0 Å². The number of aromatic nitrogens is 2. The fourth-order valence-corrected chi connectivity index (χ4v) is 2.53. The quantitative estimate of drug-likeness (QED) is 0.172. The van der Waals surface area contributed by atoms with Gasteiger partial charge in [-0.1, -0.05) is 19.9 Å². The van der Waals surface area contributed by atoms with Gasteiger partial charge in [0, 0.05) is 29.1 Å². The van der Waals surface area contributed by atoms with Crippen LogP contribution in [0.3, 0.4) is 0 Å². The Labute approximate surface area is 174 Å². The molecule has 0 saturated carbocycles. The van der Waals surface area contributed by atoms with Gasteiger partial charge < -0.3 is 26.7 Å². The Hall–Kier alpha value is -3.43. The number of nitrogens with one attached hydrogen (secondary N) is 1. The molecule has 0 amide bonds. The summed E-state index contributed by atoms with van der Waals surface area (Å²) in [5.74, 6) is 5.08. The van der Waals surface area contributed by atoms with E-state index in [-0.39, 0.29) is 35.9 Å². The molecule has 0 radical (unpaired) electrons. The number of hydrogen-bond donors (Lipinski definition) is 5. The van der Waals surface area contributed by atoms with E-state index < -0.39 is 5.82 Å². The molecule has 0 unspecified atom stereocenters. The number of halogens is 1. The fourth-order valence-electron chi connectivity index (χ4n) is 2.53. The number of rotatable bonds is 10. The van der Waals surface area contributed by atoms with E-state index in [2.05, 4.69) is 22.0 Å². The van der Waals surface area contributed by atoms with Crippen molar-refractivity contribution in [3.63, 3.8) is 0 Å². The maximum absolute atomic E-state index is 14.3. The molecule has 8 N–H and O–H groups in total.